The van der Waals surface area contributed by atoms with Crippen LogP contribution in [0.25, 0.3) is 0 Å². The van der Waals surface area contributed by atoms with E-state index in [2.05, 4.69) is 21.3 Å². The number of benzene rings is 2. The van der Waals surface area contributed by atoms with Crippen LogP contribution < -0.4 is 9.46 Å². The Bertz CT molecular complexity index is 923. The molecular weight excluding hydrogens is 417 g/mol. The van der Waals surface area contributed by atoms with Gasteiger partial charge in [-0.25, -0.2) is 13.1 Å². The summed E-state index contributed by atoms with van der Waals surface area (Å²) >= 11 is 0. The van der Waals surface area contributed by atoms with E-state index in [1.165, 1.54) is 5.56 Å². The van der Waals surface area contributed by atoms with Gasteiger partial charge in [-0.05, 0) is 67.7 Å². The van der Waals surface area contributed by atoms with Gasteiger partial charge in [0.2, 0.25) is 10.0 Å². The summed E-state index contributed by atoms with van der Waals surface area (Å²) in [4.78, 5) is 2.14. The summed E-state index contributed by atoms with van der Waals surface area (Å²) in [6.45, 7) is 4.04. The molecule has 3 rings (SSSR count). The molecule has 2 aromatic carbocycles. The Labute approximate surface area is 174 Å². The standard InChI is InChI=1S/C21H25F3N2O3S/c1-2-16-5-7-17(8-6-16)20(26-13-3-4-14-26)15-25-30(27,28)19-11-9-18(10-12-19)29-21(22,23)24/h5-12,20,25H,2-4,13-15H2,1H3. The second-order valence-corrected chi connectivity index (χ2v) is 8.99. The fourth-order valence-electron chi connectivity index (χ4n) is 3.58. The van der Waals surface area contributed by atoms with Gasteiger partial charge in [0.25, 0.3) is 0 Å². The monoisotopic (exact) mass is 442 g/mol. The third kappa shape index (κ3) is 5.96. The van der Waals surface area contributed by atoms with Gasteiger partial charge in [0.1, 0.15) is 5.75 Å². The van der Waals surface area contributed by atoms with E-state index in [0.29, 0.717) is 0 Å². The highest BCUT2D eigenvalue weighted by atomic mass is 32.2. The van der Waals surface area contributed by atoms with E-state index in [-0.39, 0.29) is 17.5 Å². The number of likely N-dealkylation sites (tertiary alicyclic amines) is 1. The maximum atomic E-state index is 12.7. The Morgan fingerprint density at radius 3 is 2.17 bits per heavy atom. The molecule has 1 saturated heterocycles. The number of rotatable bonds is 8. The predicted molar refractivity (Wildman–Crippen MR) is 108 cm³/mol. The van der Waals surface area contributed by atoms with Crippen molar-refractivity contribution in [1.82, 2.24) is 9.62 Å². The number of alkyl halides is 3. The second-order valence-electron chi connectivity index (χ2n) is 7.23. The zero-order valence-corrected chi connectivity index (χ0v) is 17.5. The smallest absolute Gasteiger partial charge is 0.406 e. The molecule has 0 amide bonds. The molecule has 164 valence electrons. The Morgan fingerprint density at radius 2 is 1.63 bits per heavy atom. The summed E-state index contributed by atoms with van der Waals surface area (Å²) in [6, 6.07) is 12.2. The molecule has 0 radical (unpaired) electrons. The highest BCUT2D eigenvalue weighted by molar-refractivity contribution is 7.89. The normalized spacial score (nSPS) is 16.5. The van der Waals surface area contributed by atoms with Gasteiger partial charge >= 0.3 is 6.36 Å². The van der Waals surface area contributed by atoms with Gasteiger partial charge in [-0.3, -0.25) is 4.90 Å². The number of aryl methyl sites for hydroxylation is 1. The zero-order chi connectivity index (χ0) is 21.8. The Balaban J connectivity index is 1.73. The molecule has 0 saturated carbocycles. The van der Waals surface area contributed by atoms with Gasteiger partial charge in [0.15, 0.2) is 0 Å². The molecule has 1 aliphatic rings. The molecule has 1 N–H and O–H groups in total. The van der Waals surface area contributed by atoms with Crippen molar-refractivity contribution in [1.29, 1.82) is 0 Å². The van der Waals surface area contributed by atoms with E-state index in [1.54, 1.807) is 0 Å². The van der Waals surface area contributed by atoms with Crippen molar-refractivity contribution in [3.05, 3.63) is 59.7 Å². The lowest BCUT2D eigenvalue weighted by molar-refractivity contribution is -0.274. The molecule has 1 atom stereocenters. The maximum Gasteiger partial charge on any atom is 0.573 e. The lowest BCUT2D eigenvalue weighted by Gasteiger charge is -2.28. The van der Waals surface area contributed by atoms with Crippen LogP contribution in [0, 0.1) is 0 Å². The van der Waals surface area contributed by atoms with Crippen LogP contribution in [-0.2, 0) is 16.4 Å². The highest BCUT2D eigenvalue weighted by Crippen LogP contribution is 2.27. The van der Waals surface area contributed by atoms with Gasteiger partial charge in [-0.1, -0.05) is 31.2 Å². The molecule has 1 heterocycles. The van der Waals surface area contributed by atoms with Gasteiger partial charge in [0, 0.05) is 12.6 Å². The van der Waals surface area contributed by atoms with Gasteiger partial charge in [-0.2, -0.15) is 0 Å². The Morgan fingerprint density at radius 1 is 1.03 bits per heavy atom. The Kier molecular flexibility index (Phi) is 7.05. The van der Waals surface area contributed by atoms with Crippen LogP contribution in [0.2, 0.25) is 0 Å². The molecule has 0 bridgehead atoms. The lowest BCUT2D eigenvalue weighted by atomic mass is 10.0. The first-order valence-electron chi connectivity index (χ1n) is 9.86. The van der Waals surface area contributed by atoms with Gasteiger partial charge in [0.05, 0.1) is 4.90 Å². The molecule has 0 aliphatic carbocycles. The van der Waals surface area contributed by atoms with E-state index in [4.69, 9.17) is 0 Å². The van der Waals surface area contributed by atoms with E-state index in [1.807, 2.05) is 24.3 Å². The van der Waals surface area contributed by atoms with E-state index in [0.717, 1.165) is 62.2 Å². The van der Waals surface area contributed by atoms with E-state index in [9.17, 15) is 21.6 Å². The molecule has 2 aromatic rings. The largest absolute Gasteiger partial charge is 0.573 e. The van der Waals surface area contributed by atoms with Crippen molar-refractivity contribution in [2.45, 2.75) is 43.5 Å². The van der Waals surface area contributed by atoms with Crippen molar-refractivity contribution in [3.8, 4) is 5.75 Å². The average molecular weight is 443 g/mol. The van der Waals surface area contributed by atoms with Crippen molar-refractivity contribution >= 4 is 10.0 Å². The zero-order valence-electron chi connectivity index (χ0n) is 16.7. The minimum Gasteiger partial charge on any atom is -0.406 e. The summed E-state index contributed by atoms with van der Waals surface area (Å²) in [7, 11) is -3.88. The first-order valence-corrected chi connectivity index (χ1v) is 11.3. The van der Waals surface area contributed by atoms with Crippen LogP contribution in [0.5, 0.6) is 5.75 Å². The number of ether oxygens (including phenoxy) is 1. The van der Waals surface area contributed by atoms with Crippen LogP contribution in [0.4, 0.5) is 13.2 Å². The fraction of sp³-hybridized carbons (Fsp3) is 0.429. The maximum absolute atomic E-state index is 12.7. The molecule has 9 heteroatoms. The molecule has 0 aromatic heterocycles. The van der Waals surface area contributed by atoms with Crippen LogP contribution in [0.1, 0.15) is 36.9 Å². The van der Waals surface area contributed by atoms with Gasteiger partial charge < -0.3 is 4.74 Å². The number of nitrogens with zero attached hydrogens (tertiary/aromatic N) is 1. The molecule has 1 aliphatic heterocycles. The molecule has 30 heavy (non-hydrogen) atoms. The van der Waals surface area contributed by atoms with Crippen molar-refractivity contribution in [3.63, 3.8) is 0 Å². The molecule has 0 spiro atoms. The fourth-order valence-corrected chi connectivity index (χ4v) is 4.62. The predicted octanol–water partition coefficient (Wildman–Crippen LogP) is 4.26. The lowest BCUT2D eigenvalue weighted by Crippen LogP contribution is -2.36. The number of hydrogen-bond acceptors (Lipinski definition) is 4. The topological polar surface area (TPSA) is 58.6 Å². The summed E-state index contributed by atoms with van der Waals surface area (Å²) in [5, 5.41) is 0. The van der Waals surface area contributed by atoms with Crippen molar-refractivity contribution in [2.75, 3.05) is 19.6 Å². The van der Waals surface area contributed by atoms with Gasteiger partial charge in [-0.15, -0.1) is 13.2 Å². The SMILES string of the molecule is CCc1ccc(C(CNS(=O)(=O)c2ccc(OC(F)(F)F)cc2)N2CCCC2)cc1. The molecular formula is C21H25F3N2O3S. The molecule has 1 fully saturated rings. The highest BCUT2D eigenvalue weighted by Gasteiger charge is 2.31. The van der Waals surface area contributed by atoms with E-state index >= 15 is 0 Å². The quantitative estimate of drug-likeness (QED) is 0.664. The van der Waals surface area contributed by atoms with Crippen molar-refractivity contribution < 1.29 is 26.3 Å². The molecule has 1 unspecified atom stereocenters. The third-order valence-electron chi connectivity index (χ3n) is 5.19. The summed E-state index contributed by atoms with van der Waals surface area (Å²) < 4.78 is 68.6. The summed E-state index contributed by atoms with van der Waals surface area (Å²) in [5.74, 6) is -0.465. The van der Waals surface area contributed by atoms with Crippen LogP contribution in [0.15, 0.2) is 53.4 Å². The minimum absolute atomic E-state index is 0.110. The van der Waals surface area contributed by atoms with Crippen LogP contribution >= 0.6 is 0 Å². The second kappa shape index (κ2) is 9.36. The number of halogens is 3. The first-order chi connectivity index (χ1) is 14.2. The van der Waals surface area contributed by atoms with Crippen LogP contribution in [-0.4, -0.2) is 39.3 Å². The van der Waals surface area contributed by atoms with E-state index < -0.39 is 22.1 Å². The number of hydrogen-bond donors (Lipinski definition) is 1. The number of sulfonamides is 1. The first kappa shape index (κ1) is 22.6. The average Bonchev–Trinajstić information content (AvgIpc) is 3.22. The summed E-state index contributed by atoms with van der Waals surface area (Å²) in [5.41, 5.74) is 2.24. The van der Waals surface area contributed by atoms with Crippen LogP contribution in [0.3, 0.4) is 0 Å². The summed E-state index contributed by atoms with van der Waals surface area (Å²) in [6.07, 6.45) is -1.77. The minimum atomic E-state index is -4.82. The Hall–Kier alpha value is -2.10. The number of nitrogens with one attached hydrogen (secondary N) is 1. The third-order valence-corrected chi connectivity index (χ3v) is 6.63. The molecule has 5 nitrogen and oxygen atoms in total. The van der Waals surface area contributed by atoms with Crippen molar-refractivity contribution in [2.24, 2.45) is 0 Å².